The summed E-state index contributed by atoms with van der Waals surface area (Å²) in [5.74, 6) is 0.846. The van der Waals surface area contributed by atoms with Gasteiger partial charge in [-0.15, -0.1) is 0 Å². The predicted molar refractivity (Wildman–Crippen MR) is 168 cm³/mol. The van der Waals surface area contributed by atoms with Gasteiger partial charge in [0.1, 0.15) is 5.75 Å². The number of ether oxygens (including phenoxy) is 2. The zero-order valence-electron chi connectivity index (χ0n) is 24.1. The number of benzene rings is 2. The Kier molecular flexibility index (Phi) is 7.69. The first-order valence-corrected chi connectivity index (χ1v) is 14.7. The highest BCUT2D eigenvalue weighted by molar-refractivity contribution is 7.80. The molecule has 41 heavy (non-hydrogen) atoms. The second kappa shape index (κ2) is 11.5. The van der Waals surface area contributed by atoms with Crippen molar-refractivity contribution in [2.75, 3.05) is 36.1 Å². The molecule has 8 heteroatoms. The number of morpholine rings is 1. The van der Waals surface area contributed by atoms with Crippen LogP contribution in [-0.2, 0) is 4.74 Å². The van der Waals surface area contributed by atoms with Gasteiger partial charge in [-0.05, 0) is 112 Å². The highest BCUT2D eigenvalue weighted by Crippen LogP contribution is 2.44. The Bertz CT molecular complexity index is 1500. The number of hydrogen-bond donors (Lipinski definition) is 1. The lowest BCUT2D eigenvalue weighted by molar-refractivity contribution is 0.122. The summed E-state index contributed by atoms with van der Waals surface area (Å²) in [7, 11) is 0. The normalized spacial score (nSPS) is 19.1. The van der Waals surface area contributed by atoms with Gasteiger partial charge in [0.15, 0.2) is 5.11 Å². The van der Waals surface area contributed by atoms with Gasteiger partial charge in [-0.1, -0.05) is 6.07 Å². The fourth-order valence-corrected chi connectivity index (χ4v) is 6.37. The van der Waals surface area contributed by atoms with Gasteiger partial charge in [0.25, 0.3) is 0 Å². The average Bonchev–Trinajstić information content (AvgIpc) is 3.48. The fourth-order valence-electron chi connectivity index (χ4n) is 6.02. The van der Waals surface area contributed by atoms with E-state index in [1.54, 1.807) is 0 Å². The molecule has 0 aliphatic carbocycles. The smallest absolute Gasteiger partial charge is 0.174 e. The fraction of sp³-hybridized carbons (Fsp3) is 0.333. The third-order valence-electron chi connectivity index (χ3n) is 7.86. The molecule has 1 N–H and O–H groups in total. The number of nitrogens with one attached hydrogen (secondary N) is 1. The quantitative estimate of drug-likeness (QED) is 0.264. The Morgan fingerprint density at radius 3 is 2.27 bits per heavy atom. The summed E-state index contributed by atoms with van der Waals surface area (Å²) < 4.78 is 13.8. The molecule has 0 bridgehead atoms. The molecule has 0 spiro atoms. The van der Waals surface area contributed by atoms with Crippen LogP contribution >= 0.6 is 12.2 Å². The van der Waals surface area contributed by atoms with Crippen molar-refractivity contribution in [3.8, 4) is 11.4 Å². The Balaban J connectivity index is 1.39. The summed E-state index contributed by atoms with van der Waals surface area (Å²) in [6.07, 6.45) is 1.96. The minimum Gasteiger partial charge on any atom is -0.491 e. The van der Waals surface area contributed by atoms with Crippen LogP contribution in [0.5, 0.6) is 5.75 Å². The molecule has 212 valence electrons. The lowest BCUT2D eigenvalue weighted by Gasteiger charge is -2.29. The predicted octanol–water partition coefficient (Wildman–Crippen LogP) is 6.29. The van der Waals surface area contributed by atoms with Crippen LogP contribution < -0.4 is 19.9 Å². The van der Waals surface area contributed by atoms with Crippen molar-refractivity contribution < 1.29 is 9.47 Å². The maximum Gasteiger partial charge on any atom is 0.174 e. The lowest BCUT2D eigenvalue weighted by atomic mass is 9.96. The van der Waals surface area contributed by atoms with Gasteiger partial charge >= 0.3 is 0 Å². The second-order valence-electron chi connectivity index (χ2n) is 10.9. The Hall–Kier alpha value is -3.88. The number of aromatic nitrogens is 2. The van der Waals surface area contributed by atoms with Crippen LogP contribution in [0.25, 0.3) is 5.69 Å². The largest absolute Gasteiger partial charge is 0.491 e. The minimum atomic E-state index is -0.104. The number of thiocarbonyl (C=S) groups is 1. The van der Waals surface area contributed by atoms with Crippen molar-refractivity contribution in [2.45, 2.75) is 45.9 Å². The average molecular weight is 568 g/mol. The van der Waals surface area contributed by atoms with E-state index in [-0.39, 0.29) is 18.2 Å². The van der Waals surface area contributed by atoms with E-state index in [2.05, 4.69) is 82.1 Å². The molecule has 0 amide bonds. The van der Waals surface area contributed by atoms with Crippen molar-refractivity contribution in [3.63, 3.8) is 0 Å². The molecule has 2 fully saturated rings. The number of anilines is 2. The van der Waals surface area contributed by atoms with E-state index in [0.29, 0.717) is 5.11 Å². The van der Waals surface area contributed by atoms with Crippen molar-refractivity contribution in [3.05, 3.63) is 102 Å². The zero-order chi connectivity index (χ0) is 28.5. The van der Waals surface area contributed by atoms with Crippen molar-refractivity contribution >= 4 is 28.7 Å². The number of aryl methyl sites for hydroxylation is 1. The molecule has 4 heterocycles. The molecule has 2 aromatic carbocycles. The second-order valence-corrected chi connectivity index (χ2v) is 11.3. The molecule has 0 saturated carbocycles. The SMILES string of the molecule is Cc1cc([C@H]2[C@H](c3ccccn3)NC(=S)N2c2ccc(OC(C)C)cc2)c(C)n1-c1ccc(N2CCOCC2)cc1. The Morgan fingerprint density at radius 2 is 1.61 bits per heavy atom. The van der Waals surface area contributed by atoms with Crippen molar-refractivity contribution in [1.82, 2.24) is 14.9 Å². The van der Waals surface area contributed by atoms with Gasteiger partial charge < -0.3 is 29.2 Å². The molecule has 4 aromatic rings. The van der Waals surface area contributed by atoms with Crippen LogP contribution in [0.4, 0.5) is 11.4 Å². The molecule has 2 aliphatic rings. The molecular weight excluding hydrogens is 530 g/mol. The maximum absolute atomic E-state index is 5.97. The third-order valence-corrected chi connectivity index (χ3v) is 8.17. The molecule has 0 unspecified atom stereocenters. The Labute approximate surface area is 247 Å². The zero-order valence-corrected chi connectivity index (χ0v) is 24.9. The number of nitrogens with zero attached hydrogens (tertiary/aromatic N) is 4. The monoisotopic (exact) mass is 567 g/mol. The topological polar surface area (TPSA) is 54.8 Å². The molecule has 2 aromatic heterocycles. The van der Waals surface area contributed by atoms with Crippen LogP contribution in [0.15, 0.2) is 79.0 Å². The van der Waals surface area contributed by atoms with Gasteiger partial charge in [0.2, 0.25) is 0 Å². The summed E-state index contributed by atoms with van der Waals surface area (Å²) in [4.78, 5) is 9.33. The third kappa shape index (κ3) is 5.42. The highest BCUT2D eigenvalue weighted by Gasteiger charge is 2.42. The summed E-state index contributed by atoms with van der Waals surface area (Å²) in [5, 5.41) is 4.28. The molecular formula is C33H37N5O2S. The van der Waals surface area contributed by atoms with E-state index in [0.717, 1.165) is 49.1 Å². The van der Waals surface area contributed by atoms with Gasteiger partial charge in [0, 0.05) is 47.7 Å². The summed E-state index contributed by atoms with van der Waals surface area (Å²) >= 11 is 5.97. The molecule has 0 radical (unpaired) electrons. The number of hydrogen-bond acceptors (Lipinski definition) is 5. The molecule has 2 atom stereocenters. The minimum absolute atomic E-state index is 0.0816. The number of rotatable bonds is 7. The van der Waals surface area contributed by atoms with Crippen molar-refractivity contribution in [2.24, 2.45) is 0 Å². The van der Waals surface area contributed by atoms with E-state index >= 15 is 0 Å². The summed E-state index contributed by atoms with van der Waals surface area (Å²) in [6.45, 7) is 11.8. The molecule has 2 saturated heterocycles. The van der Waals surface area contributed by atoms with Crippen LogP contribution in [-0.4, -0.2) is 47.1 Å². The number of pyridine rings is 1. The van der Waals surface area contributed by atoms with E-state index in [1.807, 2.05) is 44.3 Å². The standard InChI is InChI=1S/C33H37N5O2S/c1-22(2)40-28-14-12-27(13-15-28)38-32(31(35-33(38)41)30-7-5-6-16-34-30)29-21-23(3)37(24(29)4)26-10-8-25(9-11-26)36-17-19-39-20-18-36/h5-16,21-22,31-32H,17-20H2,1-4H3,(H,35,41)/t31-,32-/m0/s1. The Morgan fingerprint density at radius 1 is 0.927 bits per heavy atom. The van der Waals surface area contributed by atoms with Crippen LogP contribution in [0, 0.1) is 13.8 Å². The van der Waals surface area contributed by atoms with Gasteiger partial charge in [-0.3, -0.25) is 4.98 Å². The van der Waals surface area contributed by atoms with Crippen LogP contribution in [0.1, 0.15) is 48.6 Å². The van der Waals surface area contributed by atoms with Crippen LogP contribution in [0.3, 0.4) is 0 Å². The van der Waals surface area contributed by atoms with Crippen molar-refractivity contribution in [1.29, 1.82) is 0 Å². The van der Waals surface area contributed by atoms with E-state index in [4.69, 9.17) is 26.7 Å². The summed E-state index contributed by atoms with van der Waals surface area (Å²) in [5.41, 5.74) is 7.93. The van der Waals surface area contributed by atoms with E-state index in [9.17, 15) is 0 Å². The first kappa shape index (κ1) is 27.3. The van der Waals surface area contributed by atoms with Gasteiger partial charge in [0.05, 0.1) is 37.1 Å². The molecule has 2 aliphatic heterocycles. The van der Waals surface area contributed by atoms with E-state index in [1.165, 1.54) is 22.6 Å². The molecule has 6 rings (SSSR count). The highest BCUT2D eigenvalue weighted by atomic mass is 32.1. The first-order chi connectivity index (χ1) is 19.9. The maximum atomic E-state index is 5.97. The first-order valence-electron chi connectivity index (χ1n) is 14.3. The van der Waals surface area contributed by atoms with E-state index < -0.39 is 0 Å². The van der Waals surface area contributed by atoms with Gasteiger partial charge in [-0.2, -0.15) is 0 Å². The summed E-state index contributed by atoms with van der Waals surface area (Å²) in [6, 6.07) is 25.2. The van der Waals surface area contributed by atoms with Crippen LogP contribution in [0.2, 0.25) is 0 Å². The molecule has 7 nitrogen and oxygen atoms in total. The lowest BCUT2D eigenvalue weighted by Crippen LogP contribution is -2.36. The van der Waals surface area contributed by atoms with Gasteiger partial charge in [-0.25, -0.2) is 0 Å².